The largest absolute Gasteiger partial charge is 0.486 e. The molecule has 0 fully saturated rings. The SMILES string of the molecule is CN(C)/C=N/c1cc2c(cc1C#N)OC(CO)CO2. The third-order valence-corrected chi connectivity index (χ3v) is 2.53. The van der Waals surface area contributed by atoms with E-state index in [-0.39, 0.29) is 13.2 Å². The second kappa shape index (κ2) is 5.59. The highest BCUT2D eigenvalue weighted by Gasteiger charge is 2.22. The van der Waals surface area contributed by atoms with Gasteiger partial charge in [-0.05, 0) is 0 Å². The van der Waals surface area contributed by atoms with E-state index < -0.39 is 6.10 Å². The molecule has 1 aromatic rings. The minimum atomic E-state index is -0.393. The second-order valence-electron chi connectivity index (χ2n) is 4.37. The van der Waals surface area contributed by atoms with Crippen LogP contribution < -0.4 is 9.47 Å². The van der Waals surface area contributed by atoms with Crippen LogP contribution in [-0.2, 0) is 0 Å². The van der Waals surface area contributed by atoms with Crippen molar-refractivity contribution in [2.45, 2.75) is 6.10 Å². The van der Waals surface area contributed by atoms with Crippen molar-refractivity contribution in [1.29, 1.82) is 5.26 Å². The highest BCUT2D eigenvalue weighted by molar-refractivity contribution is 5.68. The first-order valence-electron chi connectivity index (χ1n) is 5.83. The Morgan fingerprint density at radius 1 is 1.53 bits per heavy atom. The summed E-state index contributed by atoms with van der Waals surface area (Å²) in [7, 11) is 3.69. The monoisotopic (exact) mass is 261 g/mol. The van der Waals surface area contributed by atoms with Crippen LogP contribution in [0.1, 0.15) is 5.56 Å². The van der Waals surface area contributed by atoms with Gasteiger partial charge in [0.15, 0.2) is 17.6 Å². The fraction of sp³-hybridized carbons (Fsp3) is 0.385. The van der Waals surface area contributed by atoms with E-state index in [0.29, 0.717) is 22.7 Å². The Kier molecular flexibility index (Phi) is 3.88. The molecule has 0 amide bonds. The first-order chi connectivity index (χ1) is 9.13. The highest BCUT2D eigenvalue weighted by Crippen LogP contribution is 2.37. The summed E-state index contributed by atoms with van der Waals surface area (Å²) in [5.74, 6) is 1.00. The Hall–Kier alpha value is -2.26. The van der Waals surface area contributed by atoms with Crippen molar-refractivity contribution in [3.05, 3.63) is 17.7 Å². The molecule has 2 rings (SSSR count). The van der Waals surface area contributed by atoms with Gasteiger partial charge in [0.25, 0.3) is 0 Å². The molecule has 100 valence electrons. The van der Waals surface area contributed by atoms with Gasteiger partial charge in [0.1, 0.15) is 12.7 Å². The molecule has 1 aliphatic rings. The maximum atomic E-state index is 9.13. The molecular formula is C13H15N3O3. The minimum absolute atomic E-state index is 0.123. The molecule has 0 spiro atoms. The molecule has 0 radical (unpaired) electrons. The van der Waals surface area contributed by atoms with E-state index in [2.05, 4.69) is 11.1 Å². The van der Waals surface area contributed by atoms with E-state index in [1.54, 1.807) is 23.4 Å². The fourth-order valence-corrected chi connectivity index (χ4v) is 1.61. The molecule has 0 saturated carbocycles. The summed E-state index contributed by atoms with van der Waals surface area (Å²) in [6.07, 6.45) is 1.22. The highest BCUT2D eigenvalue weighted by atomic mass is 16.6. The van der Waals surface area contributed by atoms with E-state index in [0.717, 1.165) is 0 Å². The lowest BCUT2D eigenvalue weighted by atomic mass is 10.1. The molecule has 0 aromatic heterocycles. The van der Waals surface area contributed by atoms with Crippen LogP contribution in [0.5, 0.6) is 11.5 Å². The van der Waals surface area contributed by atoms with Crippen LogP contribution in [0, 0.1) is 11.3 Å². The average Bonchev–Trinajstić information content (AvgIpc) is 2.43. The zero-order valence-electron chi connectivity index (χ0n) is 10.8. The summed E-state index contributed by atoms with van der Waals surface area (Å²) in [6, 6.07) is 5.32. The number of aliphatic hydroxyl groups is 1. The van der Waals surface area contributed by atoms with Gasteiger partial charge >= 0.3 is 0 Å². The van der Waals surface area contributed by atoms with Gasteiger partial charge in [-0.2, -0.15) is 5.26 Å². The molecule has 1 heterocycles. The van der Waals surface area contributed by atoms with Crippen LogP contribution in [0.4, 0.5) is 5.69 Å². The van der Waals surface area contributed by atoms with E-state index in [4.69, 9.17) is 19.8 Å². The van der Waals surface area contributed by atoms with Crippen LogP contribution in [0.15, 0.2) is 17.1 Å². The predicted molar refractivity (Wildman–Crippen MR) is 70.0 cm³/mol. The second-order valence-corrected chi connectivity index (χ2v) is 4.37. The van der Waals surface area contributed by atoms with Crippen LogP contribution in [-0.4, -0.2) is 49.8 Å². The summed E-state index contributed by atoms with van der Waals surface area (Å²) in [5, 5.41) is 18.2. The first kappa shape index (κ1) is 13.2. The number of benzene rings is 1. The Labute approximate surface area is 111 Å². The molecule has 1 aromatic carbocycles. The van der Waals surface area contributed by atoms with E-state index >= 15 is 0 Å². The zero-order chi connectivity index (χ0) is 13.8. The molecular weight excluding hydrogens is 246 g/mol. The fourth-order valence-electron chi connectivity index (χ4n) is 1.61. The van der Waals surface area contributed by atoms with Gasteiger partial charge in [0, 0.05) is 26.2 Å². The number of hydrogen-bond donors (Lipinski definition) is 1. The van der Waals surface area contributed by atoms with Crippen molar-refractivity contribution < 1.29 is 14.6 Å². The number of nitriles is 1. The van der Waals surface area contributed by atoms with Crippen molar-refractivity contribution in [3.63, 3.8) is 0 Å². The summed E-state index contributed by atoms with van der Waals surface area (Å²) in [4.78, 5) is 5.99. The van der Waals surface area contributed by atoms with Crippen molar-refractivity contribution in [2.75, 3.05) is 27.3 Å². The quantitative estimate of drug-likeness (QED) is 0.646. The van der Waals surface area contributed by atoms with Gasteiger partial charge in [-0.1, -0.05) is 0 Å². The number of nitrogens with zero attached hydrogens (tertiary/aromatic N) is 3. The van der Waals surface area contributed by atoms with Crippen molar-refractivity contribution in [1.82, 2.24) is 4.90 Å². The summed E-state index contributed by atoms with van der Waals surface area (Å²) in [6.45, 7) is 0.161. The number of fused-ring (bicyclic) bond motifs is 1. The van der Waals surface area contributed by atoms with Crippen LogP contribution in [0.25, 0.3) is 0 Å². The van der Waals surface area contributed by atoms with Gasteiger partial charge in [0.05, 0.1) is 24.2 Å². The van der Waals surface area contributed by atoms with Crippen LogP contribution in [0.2, 0.25) is 0 Å². The first-order valence-corrected chi connectivity index (χ1v) is 5.83. The average molecular weight is 261 g/mol. The predicted octanol–water partition coefficient (Wildman–Crippen LogP) is 0.912. The Balaban J connectivity index is 2.35. The molecule has 0 bridgehead atoms. The number of aliphatic imine (C=N–C) groups is 1. The number of aliphatic hydroxyl groups excluding tert-OH is 1. The smallest absolute Gasteiger partial charge is 0.163 e. The lowest BCUT2D eigenvalue weighted by molar-refractivity contribution is 0.0457. The van der Waals surface area contributed by atoms with Crippen molar-refractivity contribution in [3.8, 4) is 17.6 Å². The molecule has 1 aliphatic heterocycles. The third kappa shape index (κ3) is 2.95. The lowest BCUT2D eigenvalue weighted by Crippen LogP contribution is -2.32. The maximum absolute atomic E-state index is 9.13. The normalized spacial score (nSPS) is 17.3. The van der Waals surface area contributed by atoms with Crippen LogP contribution >= 0.6 is 0 Å². The minimum Gasteiger partial charge on any atom is -0.486 e. The van der Waals surface area contributed by atoms with E-state index in [1.807, 2.05) is 14.1 Å². The van der Waals surface area contributed by atoms with Gasteiger partial charge in [-0.3, -0.25) is 0 Å². The third-order valence-electron chi connectivity index (χ3n) is 2.53. The van der Waals surface area contributed by atoms with Crippen molar-refractivity contribution in [2.24, 2.45) is 4.99 Å². The van der Waals surface area contributed by atoms with E-state index in [9.17, 15) is 0 Å². The number of rotatable bonds is 3. The summed E-state index contributed by atoms with van der Waals surface area (Å²) < 4.78 is 11.0. The number of ether oxygens (including phenoxy) is 2. The zero-order valence-corrected chi connectivity index (χ0v) is 10.8. The molecule has 1 unspecified atom stereocenters. The summed E-state index contributed by atoms with van der Waals surface area (Å²) >= 11 is 0. The van der Waals surface area contributed by atoms with Gasteiger partial charge < -0.3 is 19.5 Å². The van der Waals surface area contributed by atoms with Gasteiger partial charge in [-0.25, -0.2) is 4.99 Å². The summed E-state index contributed by atoms with van der Waals surface area (Å²) in [5.41, 5.74) is 0.931. The van der Waals surface area contributed by atoms with Crippen LogP contribution in [0.3, 0.4) is 0 Å². The molecule has 6 heteroatoms. The molecule has 0 saturated heterocycles. The standard InChI is InChI=1S/C13H15N3O3/c1-16(2)8-15-11-4-12-13(3-9(11)5-14)19-10(6-17)7-18-12/h3-4,8,10,17H,6-7H2,1-2H3/b15-8+. The lowest BCUT2D eigenvalue weighted by Gasteiger charge is -2.25. The van der Waals surface area contributed by atoms with E-state index in [1.165, 1.54) is 0 Å². The van der Waals surface area contributed by atoms with Crippen molar-refractivity contribution >= 4 is 12.0 Å². The maximum Gasteiger partial charge on any atom is 0.163 e. The van der Waals surface area contributed by atoms with Gasteiger partial charge in [-0.15, -0.1) is 0 Å². The molecule has 19 heavy (non-hydrogen) atoms. The Morgan fingerprint density at radius 3 is 2.95 bits per heavy atom. The molecule has 1 N–H and O–H groups in total. The number of hydrogen-bond acceptors (Lipinski definition) is 5. The Morgan fingerprint density at radius 2 is 2.32 bits per heavy atom. The molecule has 6 nitrogen and oxygen atoms in total. The topological polar surface area (TPSA) is 78.1 Å². The molecule has 0 aliphatic carbocycles. The Bertz CT molecular complexity index is 535. The van der Waals surface area contributed by atoms with Gasteiger partial charge in [0.2, 0.25) is 0 Å². The molecule has 1 atom stereocenters.